The van der Waals surface area contributed by atoms with Gasteiger partial charge in [-0.05, 0) is 42.7 Å². The molecule has 0 amide bonds. The molecule has 1 atom stereocenters. The summed E-state index contributed by atoms with van der Waals surface area (Å²) in [7, 11) is 0. The van der Waals surface area contributed by atoms with Gasteiger partial charge in [0.05, 0.1) is 6.54 Å². The second kappa shape index (κ2) is 7.01. The average Bonchev–Trinajstić information content (AvgIpc) is 3.13. The second-order valence-electron chi connectivity index (χ2n) is 6.38. The van der Waals surface area contributed by atoms with Crippen molar-refractivity contribution >= 4 is 5.82 Å². The van der Waals surface area contributed by atoms with Crippen molar-refractivity contribution in [1.82, 2.24) is 19.7 Å². The zero-order valence-corrected chi connectivity index (χ0v) is 13.9. The molecular weight excluding hydrogens is 317 g/mol. The van der Waals surface area contributed by atoms with Gasteiger partial charge in [0.2, 0.25) is 0 Å². The summed E-state index contributed by atoms with van der Waals surface area (Å²) in [6.07, 6.45) is 5.63. The molecule has 2 aromatic heterocycles. The van der Waals surface area contributed by atoms with Crippen LogP contribution in [0.5, 0.6) is 0 Å². The van der Waals surface area contributed by atoms with E-state index in [0.29, 0.717) is 12.5 Å². The summed E-state index contributed by atoms with van der Waals surface area (Å²) in [5, 5.41) is 4.38. The highest BCUT2D eigenvalue weighted by molar-refractivity contribution is 5.39. The highest BCUT2D eigenvalue weighted by Crippen LogP contribution is 2.28. The Hall–Kier alpha value is -2.76. The van der Waals surface area contributed by atoms with Crippen LogP contribution >= 0.6 is 0 Å². The van der Waals surface area contributed by atoms with Crippen molar-refractivity contribution in [3.05, 3.63) is 72.2 Å². The van der Waals surface area contributed by atoms with E-state index in [-0.39, 0.29) is 5.82 Å². The van der Waals surface area contributed by atoms with Crippen LogP contribution in [0.25, 0.3) is 0 Å². The summed E-state index contributed by atoms with van der Waals surface area (Å²) in [5.74, 6) is 2.10. The molecule has 0 spiro atoms. The third-order valence-electron chi connectivity index (χ3n) is 4.65. The van der Waals surface area contributed by atoms with Crippen LogP contribution in [-0.4, -0.2) is 32.8 Å². The monoisotopic (exact) mass is 337 g/mol. The third-order valence-corrected chi connectivity index (χ3v) is 4.65. The summed E-state index contributed by atoms with van der Waals surface area (Å²) >= 11 is 0. The Bertz CT molecular complexity index is 815. The summed E-state index contributed by atoms with van der Waals surface area (Å²) in [4.78, 5) is 11.3. The molecule has 0 radical (unpaired) electrons. The molecule has 4 rings (SSSR count). The summed E-state index contributed by atoms with van der Waals surface area (Å²) in [6.45, 7) is 2.51. The van der Waals surface area contributed by atoms with Gasteiger partial charge in [-0.15, -0.1) is 0 Å². The zero-order valence-electron chi connectivity index (χ0n) is 13.9. The van der Waals surface area contributed by atoms with E-state index < -0.39 is 0 Å². The molecule has 0 N–H and O–H groups in total. The lowest BCUT2D eigenvalue weighted by Gasteiger charge is -2.33. The number of anilines is 1. The molecule has 1 fully saturated rings. The lowest BCUT2D eigenvalue weighted by molar-refractivity contribution is 0.464. The standard InChI is InChI=1S/C19H20FN5/c20-17-8-6-15(7-9-17)12-25-19(22-14-23-25)16-4-3-11-24(13-16)18-5-1-2-10-21-18/h1-2,5-10,14,16H,3-4,11-13H2/t16-/m1/s1. The van der Waals surface area contributed by atoms with Crippen molar-refractivity contribution in [3.63, 3.8) is 0 Å². The van der Waals surface area contributed by atoms with E-state index in [4.69, 9.17) is 0 Å². The molecule has 0 bridgehead atoms. The summed E-state index contributed by atoms with van der Waals surface area (Å²) in [5.41, 5.74) is 1.02. The van der Waals surface area contributed by atoms with Crippen LogP contribution in [-0.2, 0) is 6.54 Å². The first-order valence-corrected chi connectivity index (χ1v) is 8.58. The fourth-order valence-electron chi connectivity index (χ4n) is 3.41. The Balaban J connectivity index is 1.52. The predicted molar refractivity (Wildman–Crippen MR) is 93.9 cm³/mol. The van der Waals surface area contributed by atoms with Gasteiger partial charge in [0.1, 0.15) is 23.8 Å². The Morgan fingerprint density at radius 2 is 1.96 bits per heavy atom. The normalized spacial score (nSPS) is 17.6. The van der Waals surface area contributed by atoms with E-state index >= 15 is 0 Å². The number of piperidine rings is 1. The maximum absolute atomic E-state index is 13.1. The average molecular weight is 337 g/mol. The minimum absolute atomic E-state index is 0.221. The fraction of sp³-hybridized carbons (Fsp3) is 0.316. The van der Waals surface area contributed by atoms with Crippen LogP contribution in [0.1, 0.15) is 30.1 Å². The maximum atomic E-state index is 13.1. The lowest BCUT2D eigenvalue weighted by Crippen LogP contribution is -2.36. The van der Waals surface area contributed by atoms with Gasteiger partial charge < -0.3 is 4.90 Å². The van der Waals surface area contributed by atoms with Gasteiger partial charge in [-0.3, -0.25) is 0 Å². The highest BCUT2D eigenvalue weighted by Gasteiger charge is 2.26. The van der Waals surface area contributed by atoms with Crippen LogP contribution in [0, 0.1) is 5.82 Å². The fourth-order valence-corrected chi connectivity index (χ4v) is 3.41. The molecule has 1 aromatic carbocycles. The smallest absolute Gasteiger partial charge is 0.138 e. The van der Waals surface area contributed by atoms with E-state index in [1.165, 1.54) is 12.1 Å². The van der Waals surface area contributed by atoms with Crippen LogP contribution in [0.4, 0.5) is 10.2 Å². The molecule has 3 heterocycles. The van der Waals surface area contributed by atoms with Gasteiger partial charge in [-0.25, -0.2) is 19.0 Å². The quantitative estimate of drug-likeness (QED) is 0.733. The molecule has 128 valence electrons. The molecule has 1 aliphatic rings. The van der Waals surface area contributed by atoms with E-state index in [2.05, 4.69) is 20.0 Å². The minimum Gasteiger partial charge on any atom is -0.356 e. The van der Waals surface area contributed by atoms with E-state index in [1.807, 2.05) is 29.1 Å². The van der Waals surface area contributed by atoms with Crippen molar-refractivity contribution in [2.75, 3.05) is 18.0 Å². The van der Waals surface area contributed by atoms with Crippen LogP contribution in [0.2, 0.25) is 0 Å². The molecule has 0 saturated carbocycles. The highest BCUT2D eigenvalue weighted by atomic mass is 19.1. The van der Waals surface area contributed by atoms with Gasteiger partial charge in [0.25, 0.3) is 0 Å². The second-order valence-corrected chi connectivity index (χ2v) is 6.38. The molecule has 0 aliphatic carbocycles. The van der Waals surface area contributed by atoms with Crippen molar-refractivity contribution in [2.24, 2.45) is 0 Å². The molecule has 3 aromatic rings. The molecule has 1 saturated heterocycles. The summed E-state index contributed by atoms with van der Waals surface area (Å²) < 4.78 is 15.0. The first-order chi connectivity index (χ1) is 12.3. The maximum Gasteiger partial charge on any atom is 0.138 e. The van der Waals surface area contributed by atoms with Crippen molar-refractivity contribution in [3.8, 4) is 0 Å². The number of pyridine rings is 1. The first-order valence-electron chi connectivity index (χ1n) is 8.58. The topological polar surface area (TPSA) is 46.8 Å². The van der Waals surface area contributed by atoms with E-state index in [0.717, 1.165) is 43.1 Å². The number of halogens is 1. The Labute approximate surface area is 146 Å². The van der Waals surface area contributed by atoms with Gasteiger partial charge in [0.15, 0.2) is 0 Å². The predicted octanol–water partition coefficient (Wildman–Crippen LogP) is 3.24. The number of hydrogen-bond donors (Lipinski definition) is 0. The van der Waals surface area contributed by atoms with Crippen LogP contribution < -0.4 is 4.90 Å². The Morgan fingerprint density at radius 3 is 2.76 bits per heavy atom. The van der Waals surface area contributed by atoms with Gasteiger partial charge in [-0.2, -0.15) is 5.10 Å². The van der Waals surface area contributed by atoms with Crippen LogP contribution in [0.15, 0.2) is 55.0 Å². The van der Waals surface area contributed by atoms with E-state index in [9.17, 15) is 4.39 Å². The minimum atomic E-state index is -0.221. The number of benzene rings is 1. The molecule has 0 unspecified atom stereocenters. The van der Waals surface area contributed by atoms with Crippen molar-refractivity contribution in [1.29, 1.82) is 0 Å². The molecule has 6 heteroatoms. The third kappa shape index (κ3) is 3.52. The SMILES string of the molecule is Fc1ccc(Cn2ncnc2[C@@H]2CCCN(c3ccccn3)C2)cc1. The lowest BCUT2D eigenvalue weighted by atomic mass is 9.97. The van der Waals surface area contributed by atoms with Crippen LogP contribution in [0.3, 0.4) is 0 Å². The molecule has 1 aliphatic heterocycles. The number of hydrogen-bond acceptors (Lipinski definition) is 4. The zero-order chi connectivity index (χ0) is 17.1. The van der Waals surface area contributed by atoms with Gasteiger partial charge >= 0.3 is 0 Å². The number of rotatable bonds is 4. The van der Waals surface area contributed by atoms with Gasteiger partial charge in [0, 0.05) is 25.2 Å². The summed E-state index contributed by atoms with van der Waals surface area (Å²) in [6, 6.07) is 12.5. The molecule has 5 nitrogen and oxygen atoms in total. The van der Waals surface area contributed by atoms with Crippen molar-refractivity contribution < 1.29 is 4.39 Å². The molecule has 25 heavy (non-hydrogen) atoms. The largest absolute Gasteiger partial charge is 0.356 e. The first kappa shape index (κ1) is 15.7. The molecular formula is C19H20FN5. The number of nitrogens with zero attached hydrogens (tertiary/aromatic N) is 5. The van der Waals surface area contributed by atoms with Crippen molar-refractivity contribution in [2.45, 2.75) is 25.3 Å². The number of aromatic nitrogens is 4. The van der Waals surface area contributed by atoms with Gasteiger partial charge in [-0.1, -0.05) is 18.2 Å². The Morgan fingerprint density at radius 1 is 1.08 bits per heavy atom. The van der Waals surface area contributed by atoms with E-state index in [1.54, 1.807) is 18.5 Å². The Kier molecular flexibility index (Phi) is 4.41.